The maximum Gasteiger partial charge on any atom is 0.416 e. The van der Waals surface area contributed by atoms with Gasteiger partial charge in [0.2, 0.25) is 0 Å². The SMILES string of the molecule is COCCOc1ccc(C(F)(F)F)cc1NC(=O)COC(=O)c1ccccn1. The fourth-order valence-electron chi connectivity index (χ4n) is 2.04. The number of nitrogens with one attached hydrogen (secondary N) is 1. The normalized spacial score (nSPS) is 11.0. The van der Waals surface area contributed by atoms with Crippen molar-refractivity contribution in [2.45, 2.75) is 6.18 Å². The molecule has 0 fully saturated rings. The van der Waals surface area contributed by atoms with Crippen molar-refractivity contribution >= 4 is 17.6 Å². The third-order valence-corrected chi connectivity index (χ3v) is 3.33. The zero-order valence-corrected chi connectivity index (χ0v) is 14.8. The molecular weight excluding hydrogens is 381 g/mol. The summed E-state index contributed by atoms with van der Waals surface area (Å²) in [7, 11) is 1.44. The summed E-state index contributed by atoms with van der Waals surface area (Å²) in [6, 6.07) is 7.22. The van der Waals surface area contributed by atoms with E-state index in [1.807, 2.05) is 0 Å². The molecular formula is C18H17F3N2O5. The Hall–Kier alpha value is -3.14. The number of ether oxygens (including phenoxy) is 3. The van der Waals surface area contributed by atoms with Crippen molar-refractivity contribution in [3.8, 4) is 5.75 Å². The van der Waals surface area contributed by atoms with Crippen LogP contribution in [0.3, 0.4) is 0 Å². The van der Waals surface area contributed by atoms with Gasteiger partial charge in [0.1, 0.15) is 18.1 Å². The average Bonchev–Trinajstić information content (AvgIpc) is 2.67. The largest absolute Gasteiger partial charge is 0.489 e. The number of pyridine rings is 1. The molecule has 0 radical (unpaired) electrons. The number of hydrogen-bond donors (Lipinski definition) is 1. The standard InChI is InChI=1S/C18H17F3N2O5/c1-26-8-9-27-15-6-5-12(18(19,20)21)10-14(15)23-16(24)11-28-17(25)13-4-2-3-7-22-13/h2-7,10H,8-9,11H2,1H3,(H,23,24). The number of hydrogen-bond acceptors (Lipinski definition) is 6. The number of rotatable bonds is 8. The Morgan fingerprint density at radius 2 is 1.93 bits per heavy atom. The van der Waals surface area contributed by atoms with Gasteiger partial charge in [0.25, 0.3) is 5.91 Å². The first-order valence-electron chi connectivity index (χ1n) is 8.02. The number of amides is 1. The topological polar surface area (TPSA) is 86.8 Å². The van der Waals surface area contributed by atoms with Gasteiger partial charge in [-0.25, -0.2) is 9.78 Å². The molecule has 0 saturated carbocycles. The molecule has 1 aromatic heterocycles. The van der Waals surface area contributed by atoms with Crippen molar-refractivity contribution < 1.29 is 37.0 Å². The quantitative estimate of drug-likeness (QED) is 0.544. The van der Waals surface area contributed by atoms with E-state index in [2.05, 4.69) is 10.3 Å². The van der Waals surface area contributed by atoms with Crippen LogP contribution in [0.4, 0.5) is 18.9 Å². The molecule has 0 aliphatic rings. The summed E-state index contributed by atoms with van der Waals surface area (Å²) in [5.74, 6) is -1.65. The number of benzene rings is 1. The molecule has 1 aromatic carbocycles. The Kier molecular flexibility index (Phi) is 7.33. The molecule has 0 unspecified atom stereocenters. The maximum atomic E-state index is 12.9. The minimum atomic E-state index is -4.60. The highest BCUT2D eigenvalue weighted by atomic mass is 19.4. The first-order chi connectivity index (χ1) is 13.3. The lowest BCUT2D eigenvalue weighted by Crippen LogP contribution is -2.22. The van der Waals surface area contributed by atoms with Crippen molar-refractivity contribution in [2.24, 2.45) is 0 Å². The van der Waals surface area contributed by atoms with Crippen molar-refractivity contribution in [3.05, 3.63) is 53.9 Å². The summed E-state index contributed by atoms with van der Waals surface area (Å²) in [6.07, 6.45) is -3.22. The predicted octanol–water partition coefficient (Wildman–Crippen LogP) is 2.92. The van der Waals surface area contributed by atoms with Gasteiger partial charge in [-0.2, -0.15) is 13.2 Å². The van der Waals surface area contributed by atoms with Crippen molar-refractivity contribution in [3.63, 3.8) is 0 Å². The molecule has 10 heteroatoms. The summed E-state index contributed by atoms with van der Waals surface area (Å²) >= 11 is 0. The van der Waals surface area contributed by atoms with Crippen LogP contribution in [0.2, 0.25) is 0 Å². The lowest BCUT2D eigenvalue weighted by molar-refractivity contribution is -0.137. The van der Waals surface area contributed by atoms with E-state index in [9.17, 15) is 22.8 Å². The van der Waals surface area contributed by atoms with Crippen LogP contribution in [0.1, 0.15) is 16.1 Å². The van der Waals surface area contributed by atoms with E-state index in [0.29, 0.717) is 0 Å². The monoisotopic (exact) mass is 398 g/mol. The van der Waals surface area contributed by atoms with Gasteiger partial charge in [-0.1, -0.05) is 6.07 Å². The highest BCUT2D eigenvalue weighted by molar-refractivity contribution is 5.95. The summed E-state index contributed by atoms with van der Waals surface area (Å²) in [4.78, 5) is 27.6. The van der Waals surface area contributed by atoms with Crippen molar-refractivity contribution in [1.29, 1.82) is 0 Å². The van der Waals surface area contributed by atoms with Gasteiger partial charge < -0.3 is 19.5 Å². The third-order valence-electron chi connectivity index (χ3n) is 3.33. The first kappa shape index (κ1) is 21.2. The molecule has 0 aliphatic heterocycles. The Bertz CT molecular complexity index is 813. The molecule has 0 saturated heterocycles. The lowest BCUT2D eigenvalue weighted by atomic mass is 10.1. The zero-order valence-electron chi connectivity index (χ0n) is 14.8. The van der Waals surface area contributed by atoms with Gasteiger partial charge >= 0.3 is 12.1 Å². The molecule has 0 atom stereocenters. The molecule has 0 spiro atoms. The Balaban J connectivity index is 2.06. The van der Waals surface area contributed by atoms with E-state index < -0.39 is 30.2 Å². The fraction of sp³-hybridized carbons (Fsp3) is 0.278. The molecule has 0 aliphatic carbocycles. The lowest BCUT2D eigenvalue weighted by Gasteiger charge is -2.15. The van der Waals surface area contributed by atoms with E-state index in [-0.39, 0.29) is 30.3 Å². The number of alkyl halides is 3. The van der Waals surface area contributed by atoms with Crippen LogP contribution in [-0.4, -0.2) is 43.8 Å². The molecule has 1 N–H and O–H groups in total. The number of anilines is 1. The zero-order chi connectivity index (χ0) is 20.6. The number of esters is 1. The second-order valence-electron chi connectivity index (χ2n) is 5.39. The highest BCUT2D eigenvalue weighted by Gasteiger charge is 2.31. The second-order valence-corrected chi connectivity index (χ2v) is 5.39. The molecule has 0 bridgehead atoms. The predicted molar refractivity (Wildman–Crippen MR) is 92.0 cm³/mol. The molecule has 1 amide bonds. The second kappa shape index (κ2) is 9.70. The van der Waals surface area contributed by atoms with Crippen LogP contribution in [0.25, 0.3) is 0 Å². The van der Waals surface area contributed by atoms with Crippen LogP contribution < -0.4 is 10.1 Å². The van der Waals surface area contributed by atoms with Crippen molar-refractivity contribution in [2.75, 3.05) is 32.2 Å². The third kappa shape index (κ3) is 6.23. The molecule has 150 valence electrons. The molecule has 2 aromatic rings. The number of carbonyl (C=O) groups excluding carboxylic acids is 2. The number of methoxy groups -OCH3 is 1. The van der Waals surface area contributed by atoms with E-state index in [0.717, 1.165) is 18.2 Å². The number of halogens is 3. The Labute approximate surface area is 158 Å². The van der Waals surface area contributed by atoms with E-state index >= 15 is 0 Å². The maximum absolute atomic E-state index is 12.9. The van der Waals surface area contributed by atoms with Crippen molar-refractivity contribution in [1.82, 2.24) is 4.98 Å². The van der Waals surface area contributed by atoms with Gasteiger partial charge in [-0.05, 0) is 30.3 Å². The van der Waals surface area contributed by atoms with Crippen LogP contribution in [0.5, 0.6) is 5.75 Å². The number of aromatic nitrogens is 1. The minimum Gasteiger partial charge on any atom is -0.489 e. The van der Waals surface area contributed by atoms with Crippen LogP contribution in [0, 0.1) is 0 Å². The fourth-order valence-corrected chi connectivity index (χ4v) is 2.04. The smallest absolute Gasteiger partial charge is 0.416 e. The van der Waals surface area contributed by atoms with E-state index in [1.54, 1.807) is 12.1 Å². The Morgan fingerprint density at radius 3 is 2.57 bits per heavy atom. The van der Waals surface area contributed by atoms with Crippen LogP contribution >= 0.6 is 0 Å². The first-order valence-corrected chi connectivity index (χ1v) is 8.02. The number of nitrogens with zero attached hydrogens (tertiary/aromatic N) is 1. The highest BCUT2D eigenvalue weighted by Crippen LogP contribution is 2.35. The molecule has 28 heavy (non-hydrogen) atoms. The number of carbonyl (C=O) groups is 2. The summed E-state index contributed by atoms with van der Waals surface area (Å²) in [5.41, 5.74) is -1.17. The van der Waals surface area contributed by atoms with Gasteiger partial charge in [0.05, 0.1) is 17.9 Å². The average molecular weight is 398 g/mol. The summed E-state index contributed by atoms with van der Waals surface area (Å²) in [6.45, 7) is -0.432. The van der Waals surface area contributed by atoms with E-state index in [4.69, 9.17) is 14.2 Å². The summed E-state index contributed by atoms with van der Waals surface area (Å²) < 4.78 is 53.7. The van der Waals surface area contributed by atoms with Gasteiger partial charge in [0, 0.05) is 13.3 Å². The Morgan fingerprint density at radius 1 is 1.14 bits per heavy atom. The minimum absolute atomic E-state index is 0.00189. The van der Waals surface area contributed by atoms with Gasteiger partial charge in [-0.15, -0.1) is 0 Å². The van der Waals surface area contributed by atoms with Crippen LogP contribution in [0.15, 0.2) is 42.6 Å². The molecule has 1 heterocycles. The van der Waals surface area contributed by atoms with Gasteiger partial charge in [0.15, 0.2) is 6.61 Å². The van der Waals surface area contributed by atoms with Gasteiger partial charge in [-0.3, -0.25) is 4.79 Å². The van der Waals surface area contributed by atoms with E-state index in [1.165, 1.54) is 19.4 Å². The molecule has 2 rings (SSSR count). The molecule has 7 nitrogen and oxygen atoms in total. The summed E-state index contributed by atoms with van der Waals surface area (Å²) in [5, 5.41) is 2.25. The van der Waals surface area contributed by atoms with Crippen LogP contribution in [-0.2, 0) is 20.4 Å².